The predicted molar refractivity (Wildman–Crippen MR) is 69.3 cm³/mol. The zero-order valence-corrected chi connectivity index (χ0v) is 11.8. The molecule has 108 valence electrons. The zero-order chi connectivity index (χ0) is 14.4. The second-order valence-electron chi connectivity index (χ2n) is 4.68. The fraction of sp³-hybridized carbons (Fsp3) is 0.769. The first-order valence-electron chi connectivity index (χ1n) is 6.62. The summed E-state index contributed by atoms with van der Waals surface area (Å²) >= 11 is 0. The highest BCUT2D eigenvalue weighted by Gasteiger charge is 2.34. The molecule has 1 aliphatic heterocycles. The Kier molecular flexibility index (Phi) is 5.79. The van der Waals surface area contributed by atoms with Crippen molar-refractivity contribution in [2.45, 2.75) is 38.6 Å². The topological polar surface area (TPSA) is 66.9 Å². The highest BCUT2D eigenvalue weighted by atomic mass is 16.5. The molecule has 0 spiro atoms. The molecule has 1 heterocycles. The van der Waals surface area contributed by atoms with Gasteiger partial charge in [-0.1, -0.05) is 0 Å². The summed E-state index contributed by atoms with van der Waals surface area (Å²) in [6, 6.07) is -0.475. The lowest BCUT2D eigenvalue weighted by atomic mass is 10.2. The van der Waals surface area contributed by atoms with E-state index in [0.717, 1.165) is 6.42 Å². The molecule has 6 heteroatoms. The predicted octanol–water partition coefficient (Wildman–Crippen LogP) is 0.409. The van der Waals surface area contributed by atoms with E-state index in [-0.39, 0.29) is 30.6 Å². The largest absolute Gasteiger partial charge is 0.467 e. The van der Waals surface area contributed by atoms with E-state index in [1.54, 1.807) is 11.9 Å². The normalized spacial score (nSPS) is 18.3. The molecule has 1 aliphatic rings. The average Bonchev–Trinajstić information content (AvgIpc) is 2.91. The van der Waals surface area contributed by atoms with Crippen LogP contribution < -0.4 is 0 Å². The van der Waals surface area contributed by atoms with Gasteiger partial charge in [0.25, 0.3) is 0 Å². The van der Waals surface area contributed by atoms with Crippen LogP contribution in [0.25, 0.3) is 0 Å². The maximum absolute atomic E-state index is 12.0. The Balaban J connectivity index is 2.49. The van der Waals surface area contributed by atoms with Gasteiger partial charge in [0.05, 0.1) is 7.11 Å². The Morgan fingerprint density at radius 2 is 2.00 bits per heavy atom. The van der Waals surface area contributed by atoms with Crippen LogP contribution in [0.4, 0.5) is 0 Å². The second-order valence-corrected chi connectivity index (χ2v) is 4.68. The van der Waals surface area contributed by atoms with E-state index in [0.29, 0.717) is 19.5 Å². The molecule has 0 saturated carbocycles. The van der Waals surface area contributed by atoms with Gasteiger partial charge in [-0.25, -0.2) is 4.79 Å². The van der Waals surface area contributed by atoms with Crippen LogP contribution in [0.2, 0.25) is 0 Å². The fourth-order valence-corrected chi connectivity index (χ4v) is 2.17. The number of carbonyl (C=O) groups excluding carboxylic acids is 3. The molecular formula is C13H22N2O4. The van der Waals surface area contributed by atoms with Crippen molar-refractivity contribution in [3.8, 4) is 0 Å². The molecule has 1 rings (SSSR count). The molecule has 0 aromatic heterocycles. The summed E-state index contributed by atoms with van der Waals surface area (Å²) in [7, 11) is 3.03. The molecule has 0 aromatic rings. The average molecular weight is 270 g/mol. The molecule has 0 radical (unpaired) electrons. The number of nitrogens with zero attached hydrogens (tertiary/aromatic N) is 2. The summed E-state index contributed by atoms with van der Waals surface area (Å²) in [6.45, 7) is 3.07. The number of ether oxygens (including phenoxy) is 1. The van der Waals surface area contributed by atoms with Gasteiger partial charge in [-0.05, 0) is 19.8 Å². The van der Waals surface area contributed by atoms with Crippen LogP contribution in [0.1, 0.15) is 32.6 Å². The van der Waals surface area contributed by atoms with Gasteiger partial charge < -0.3 is 14.5 Å². The number of amides is 2. The van der Waals surface area contributed by atoms with Gasteiger partial charge in [-0.3, -0.25) is 9.59 Å². The van der Waals surface area contributed by atoms with Crippen molar-refractivity contribution in [3.63, 3.8) is 0 Å². The highest BCUT2D eigenvalue weighted by molar-refractivity contribution is 5.87. The van der Waals surface area contributed by atoms with E-state index < -0.39 is 6.04 Å². The summed E-state index contributed by atoms with van der Waals surface area (Å²) in [5.74, 6) is -0.571. The third kappa shape index (κ3) is 3.94. The van der Waals surface area contributed by atoms with E-state index >= 15 is 0 Å². The maximum Gasteiger partial charge on any atom is 0.328 e. The molecule has 0 bridgehead atoms. The van der Waals surface area contributed by atoms with Gasteiger partial charge in [0.2, 0.25) is 11.8 Å². The van der Waals surface area contributed by atoms with E-state index in [9.17, 15) is 14.4 Å². The van der Waals surface area contributed by atoms with E-state index in [1.807, 2.05) is 6.92 Å². The lowest BCUT2D eigenvalue weighted by molar-refractivity contribution is -0.151. The first kappa shape index (κ1) is 15.5. The minimum atomic E-state index is -0.475. The summed E-state index contributed by atoms with van der Waals surface area (Å²) in [4.78, 5) is 38.3. The number of esters is 1. The number of rotatable bonds is 5. The Morgan fingerprint density at radius 1 is 1.32 bits per heavy atom. The monoisotopic (exact) mass is 270 g/mol. The highest BCUT2D eigenvalue weighted by Crippen LogP contribution is 2.19. The Hall–Kier alpha value is -1.59. The summed E-state index contributed by atoms with van der Waals surface area (Å²) in [5, 5.41) is 0. The minimum absolute atomic E-state index is 0.0512. The Morgan fingerprint density at radius 3 is 2.58 bits per heavy atom. The van der Waals surface area contributed by atoms with Crippen LogP contribution in [-0.4, -0.2) is 60.9 Å². The van der Waals surface area contributed by atoms with Crippen molar-refractivity contribution < 1.29 is 19.1 Å². The first-order valence-corrected chi connectivity index (χ1v) is 6.62. The number of carbonyl (C=O) groups is 3. The first-order chi connectivity index (χ1) is 9.01. The molecule has 6 nitrogen and oxygen atoms in total. The minimum Gasteiger partial charge on any atom is -0.467 e. The number of hydrogen-bond acceptors (Lipinski definition) is 4. The molecule has 1 atom stereocenters. The van der Waals surface area contributed by atoms with Crippen molar-refractivity contribution >= 4 is 17.8 Å². The van der Waals surface area contributed by atoms with Crippen molar-refractivity contribution in [2.75, 3.05) is 27.2 Å². The van der Waals surface area contributed by atoms with Gasteiger partial charge >= 0.3 is 5.97 Å². The molecule has 1 unspecified atom stereocenters. The smallest absolute Gasteiger partial charge is 0.328 e. The Bertz CT molecular complexity index is 357. The molecule has 1 fully saturated rings. The van der Waals surface area contributed by atoms with Gasteiger partial charge in [0, 0.05) is 33.0 Å². The second kappa shape index (κ2) is 7.11. The lowest BCUT2D eigenvalue weighted by Crippen LogP contribution is -2.41. The van der Waals surface area contributed by atoms with Crippen LogP contribution in [0.15, 0.2) is 0 Å². The quantitative estimate of drug-likeness (QED) is 0.679. The number of methoxy groups -OCH3 is 1. The number of likely N-dealkylation sites (tertiary alicyclic amines) is 1. The summed E-state index contributed by atoms with van der Waals surface area (Å²) < 4.78 is 4.69. The lowest BCUT2D eigenvalue weighted by Gasteiger charge is -2.23. The summed E-state index contributed by atoms with van der Waals surface area (Å²) in [6.07, 6.45) is 1.78. The molecule has 0 aromatic carbocycles. The molecule has 1 saturated heterocycles. The molecule has 2 amide bonds. The van der Waals surface area contributed by atoms with Crippen molar-refractivity contribution in [3.05, 3.63) is 0 Å². The van der Waals surface area contributed by atoms with Crippen LogP contribution in [0.3, 0.4) is 0 Å². The molecule has 0 N–H and O–H groups in total. The fourth-order valence-electron chi connectivity index (χ4n) is 2.17. The van der Waals surface area contributed by atoms with Crippen LogP contribution in [0.5, 0.6) is 0 Å². The third-order valence-electron chi connectivity index (χ3n) is 3.50. The molecular weight excluding hydrogens is 248 g/mol. The van der Waals surface area contributed by atoms with Crippen molar-refractivity contribution in [1.82, 2.24) is 9.80 Å². The van der Waals surface area contributed by atoms with Crippen LogP contribution >= 0.6 is 0 Å². The van der Waals surface area contributed by atoms with Crippen LogP contribution in [0, 0.1) is 0 Å². The van der Waals surface area contributed by atoms with Gasteiger partial charge in [-0.2, -0.15) is 0 Å². The van der Waals surface area contributed by atoms with Gasteiger partial charge in [-0.15, -0.1) is 0 Å². The summed E-state index contributed by atoms with van der Waals surface area (Å²) in [5.41, 5.74) is 0. The van der Waals surface area contributed by atoms with Gasteiger partial charge in [0.15, 0.2) is 0 Å². The van der Waals surface area contributed by atoms with Crippen LogP contribution in [-0.2, 0) is 19.1 Å². The molecule has 0 aliphatic carbocycles. The van der Waals surface area contributed by atoms with Crippen molar-refractivity contribution in [1.29, 1.82) is 0 Å². The Labute approximate surface area is 113 Å². The number of hydrogen-bond donors (Lipinski definition) is 0. The maximum atomic E-state index is 12.0. The standard InChI is InChI=1S/C13H22N2O4/c1-4-14(2)11(16)7-8-12(17)15-9-5-6-10(15)13(18)19-3/h10H,4-9H2,1-3H3. The van der Waals surface area contributed by atoms with E-state index in [1.165, 1.54) is 12.0 Å². The SMILES string of the molecule is CCN(C)C(=O)CCC(=O)N1CCCC1C(=O)OC. The van der Waals surface area contributed by atoms with E-state index in [4.69, 9.17) is 0 Å². The van der Waals surface area contributed by atoms with E-state index in [2.05, 4.69) is 4.74 Å². The molecule has 19 heavy (non-hydrogen) atoms. The third-order valence-corrected chi connectivity index (χ3v) is 3.50. The van der Waals surface area contributed by atoms with Crippen molar-refractivity contribution in [2.24, 2.45) is 0 Å². The van der Waals surface area contributed by atoms with Gasteiger partial charge in [0.1, 0.15) is 6.04 Å². The zero-order valence-electron chi connectivity index (χ0n) is 11.8.